The van der Waals surface area contributed by atoms with Gasteiger partial charge in [-0.15, -0.1) is 0 Å². The maximum atomic E-state index is 12.9. The maximum absolute atomic E-state index is 12.9. The molecule has 0 aromatic carbocycles. The van der Waals surface area contributed by atoms with Crippen LogP contribution in [0.25, 0.3) is 0 Å². The van der Waals surface area contributed by atoms with E-state index in [-0.39, 0.29) is 30.0 Å². The Bertz CT molecular complexity index is 799. The van der Waals surface area contributed by atoms with Gasteiger partial charge in [0.1, 0.15) is 11.2 Å². The molecule has 3 heterocycles. The number of hydrogen-bond acceptors (Lipinski definition) is 5. The van der Waals surface area contributed by atoms with Gasteiger partial charge >= 0.3 is 0 Å². The number of likely N-dealkylation sites (tertiary alicyclic amines) is 1. The summed E-state index contributed by atoms with van der Waals surface area (Å²) in [6.45, 7) is 10.2. The molecule has 3 rings (SSSR count). The zero-order chi connectivity index (χ0) is 21.9. The van der Waals surface area contributed by atoms with Gasteiger partial charge in [-0.3, -0.25) is 19.1 Å². The number of nitrogens with zero attached hydrogens (tertiary/aromatic N) is 4. The maximum Gasteiger partial charge on any atom is 0.272 e. The van der Waals surface area contributed by atoms with E-state index in [9.17, 15) is 14.4 Å². The van der Waals surface area contributed by atoms with Gasteiger partial charge in [-0.1, -0.05) is 13.8 Å². The van der Waals surface area contributed by atoms with Crippen molar-refractivity contribution in [3.8, 4) is 0 Å². The summed E-state index contributed by atoms with van der Waals surface area (Å²) >= 11 is 0. The van der Waals surface area contributed by atoms with Gasteiger partial charge in [-0.05, 0) is 45.2 Å². The fraction of sp³-hybridized carbons (Fsp3) is 0.714. The van der Waals surface area contributed by atoms with Crippen molar-refractivity contribution in [2.75, 3.05) is 39.8 Å². The Morgan fingerprint density at radius 3 is 2.57 bits per heavy atom. The SMILES string of the molecule is CC(C)CCNC(=O)[C@@]1(C)Cn2nc(C(=O)NCCN3CCCC3)cc2C(=O)N1C. The number of nitrogens with one attached hydrogen (secondary N) is 2. The molecule has 9 heteroatoms. The number of hydrogen-bond donors (Lipinski definition) is 2. The fourth-order valence-corrected chi connectivity index (χ4v) is 3.93. The van der Waals surface area contributed by atoms with E-state index in [1.807, 2.05) is 0 Å². The van der Waals surface area contributed by atoms with Crippen LogP contribution in [0.3, 0.4) is 0 Å². The standard InChI is InChI=1S/C21H34N6O3/c1-15(2)7-8-23-20(30)21(3)14-27-17(19(29)25(21)4)13-16(24-27)18(28)22-9-12-26-10-5-6-11-26/h13,15H,5-12,14H2,1-4H3,(H,22,28)(H,23,30)/t21-/m1/s1. The van der Waals surface area contributed by atoms with Crippen LogP contribution in [0.5, 0.6) is 0 Å². The van der Waals surface area contributed by atoms with Crippen molar-refractivity contribution in [2.24, 2.45) is 5.92 Å². The molecule has 0 bridgehead atoms. The molecule has 1 saturated heterocycles. The molecule has 1 aromatic rings. The first-order valence-corrected chi connectivity index (χ1v) is 10.9. The third-order valence-electron chi connectivity index (χ3n) is 6.14. The van der Waals surface area contributed by atoms with E-state index in [0.717, 1.165) is 26.1 Å². The molecule has 1 fully saturated rings. The third kappa shape index (κ3) is 4.66. The van der Waals surface area contributed by atoms with Crippen molar-refractivity contribution >= 4 is 17.7 Å². The van der Waals surface area contributed by atoms with Crippen LogP contribution in [0, 0.1) is 5.92 Å². The first kappa shape index (κ1) is 22.3. The average molecular weight is 419 g/mol. The summed E-state index contributed by atoms with van der Waals surface area (Å²) in [4.78, 5) is 42.0. The predicted octanol–water partition coefficient (Wildman–Crippen LogP) is 0.715. The minimum absolute atomic E-state index is 0.206. The Morgan fingerprint density at radius 2 is 1.90 bits per heavy atom. The van der Waals surface area contributed by atoms with Crippen LogP contribution in [0.15, 0.2) is 6.07 Å². The molecule has 30 heavy (non-hydrogen) atoms. The van der Waals surface area contributed by atoms with E-state index in [1.54, 1.807) is 14.0 Å². The zero-order valence-corrected chi connectivity index (χ0v) is 18.5. The Balaban J connectivity index is 1.65. The van der Waals surface area contributed by atoms with E-state index in [2.05, 4.69) is 34.5 Å². The molecule has 2 aliphatic heterocycles. The number of rotatable bonds is 8. The molecular formula is C21H34N6O3. The number of fused-ring (bicyclic) bond motifs is 1. The molecule has 0 unspecified atom stereocenters. The van der Waals surface area contributed by atoms with Crippen LogP contribution in [0.4, 0.5) is 0 Å². The number of likely N-dealkylation sites (N-methyl/N-ethyl adjacent to an activating group) is 1. The lowest BCUT2D eigenvalue weighted by Gasteiger charge is -2.40. The molecule has 0 radical (unpaired) electrons. The summed E-state index contributed by atoms with van der Waals surface area (Å²) in [5.41, 5.74) is -0.524. The molecule has 1 aromatic heterocycles. The third-order valence-corrected chi connectivity index (χ3v) is 6.14. The van der Waals surface area contributed by atoms with E-state index in [1.165, 1.54) is 28.5 Å². The lowest BCUT2D eigenvalue weighted by Crippen LogP contribution is -2.62. The topological polar surface area (TPSA) is 99.6 Å². The minimum Gasteiger partial charge on any atom is -0.354 e. The molecule has 2 N–H and O–H groups in total. The van der Waals surface area contributed by atoms with Crippen molar-refractivity contribution in [3.63, 3.8) is 0 Å². The molecule has 166 valence electrons. The first-order chi connectivity index (χ1) is 14.2. The van der Waals surface area contributed by atoms with Gasteiger partial charge in [0.25, 0.3) is 11.8 Å². The molecular weight excluding hydrogens is 384 g/mol. The molecule has 0 saturated carbocycles. The van der Waals surface area contributed by atoms with Crippen molar-refractivity contribution in [1.29, 1.82) is 0 Å². The highest BCUT2D eigenvalue weighted by Gasteiger charge is 2.46. The van der Waals surface area contributed by atoms with Crippen LogP contribution >= 0.6 is 0 Å². The molecule has 0 spiro atoms. The number of aromatic nitrogens is 2. The smallest absolute Gasteiger partial charge is 0.272 e. The molecule has 3 amide bonds. The van der Waals surface area contributed by atoms with Crippen LogP contribution in [-0.4, -0.2) is 82.6 Å². The van der Waals surface area contributed by atoms with E-state index in [4.69, 9.17) is 0 Å². The Hall–Kier alpha value is -2.42. The summed E-state index contributed by atoms with van der Waals surface area (Å²) in [5.74, 6) is -0.342. The van der Waals surface area contributed by atoms with Crippen molar-refractivity contribution < 1.29 is 14.4 Å². The molecule has 0 aliphatic carbocycles. The lowest BCUT2D eigenvalue weighted by atomic mass is 9.95. The highest BCUT2D eigenvalue weighted by atomic mass is 16.2. The average Bonchev–Trinajstić information content (AvgIpc) is 3.35. The van der Waals surface area contributed by atoms with E-state index in [0.29, 0.717) is 24.7 Å². The van der Waals surface area contributed by atoms with Crippen molar-refractivity contribution in [1.82, 2.24) is 30.2 Å². The Labute approximate surface area is 178 Å². The van der Waals surface area contributed by atoms with Gasteiger partial charge in [-0.25, -0.2) is 0 Å². The second-order valence-electron chi connectivity index (χ2n) is 8.95. The van der Waals surface area contributed by atoms with Gasteiger partial charge in [0.15, 0.2) is 5.69 Å². The normalized spacial score (nSPS) is 21.8. The Morgan fingerprint density at radius 1 is 1.20 bits per heavy atom. The fourth-order valence-electron chi connectivity index (χ4n) is 3.93. The second kappa shape index (κ2) is 9.16. The summed E-state index contributed by atoms with van der Waals surface area (Å²) in [6.07, 6.45) is 3.29. The summed E-state index contributed by atoms with van der Waals surface area (Å²) < 4.78 is 1.49. The van der Waals surface area contributed by atoms with Gasteiger partial charge in [0.05, 0.1) is 6.54 Å². The van der Waals surface area contributed by atoms with E-state index >= 15 is 0 Å². The summed E-state index contributed by atoms with van der Waals surface area (Å²) in [6, 6.07) is 1.51. The molecule has 2 aliphatic rings. The van der Waals surface area contributed by atoms with Gasteiger partial charge < -0.3 is 20.4 Å². The van der Waals surface area contributed by atoms with Crippen LogP contribution in [0.1, 0.15) is 61.0 Å². The van der Waals surface area contributed by atoms with Crippen LogP contribution in [-0.2, 0) is 11.3 Å². The highest BCUT2D eigenvalue weighted by molar-refractivity contribution is 6.01. The first-order valence-electron chi connectivity index (χ1n) is 10.9. The van der Waals surface area contributed by atoms with Crippen LogP contribution in [0.2, 0.25) is 0 Å². The quantitative estimate of drug-likeness (QED) is 0.648. The highest BCUT2D eigenvalue weighted by Crippen LogP contribution is 2.26. The number of amides is 3. The summed E-state index contributed by atoms with van der Waals surface area (Å²) in [5, 5.41) is 10.2. The van der Waals surface area contributed by atoms with Crippen LogP contribution < -0.4 is 10.6 Å². The van der Waals surface area contributed by atoms with Gasteiger partial charge in [-0.2, -0.15) is 5.10 Å². The van der Waals surface area contributed by atoms with E-state index < -0.39 is 5.54 Å². The predicted molar refractivity (Wildman–Crippen MR) is 113 cm³/mol. The number of carbonyl (C=O) groups excluding carboxylic acids is 3. The minimum atomic E-state index is -1.06. The lowest BCUT2D eigenvalue weighted by molar-refractivity contribution is -0.132. The van der Waals surface area contributed by atoms with Crippen molar-refractivity contribution in [3.05, 3.63) is 17.5 Å². The monoisotopic (exact) mass is 418 g/mol. The van der Waals surface area contributed by atoms with Gasteiger partial charge in [0, 0.05) is 32.7 Å². The summed E-state index contributed by atoms with van der Waals surface area (Å²) in [7, 11) is 1.62. The largest absolute Gasteiger partial charge is 0.354 e. The van der Waals surface area contributed by atoms with Gasteiger partial charge in [0.2, 0.25) is 5.91 Å². The Kier molecular flexibility index (Phi) is 6.80. The molecule has 1 atom stereocenters. The van der Waals surface area contributed by atoms with Crippen molar-refractivity contribution in [2.45, 2.75) is 52.1 Å². The second-order valence-corrected chi connectivity index (χ2v) is 8.95. The molecule has 9 nitrogen and oxygen atoms in total. The zero-order valence-electron chi connectivity index (χ0n) is 18.5. The number of carbonyl (C=O) groups is 3.